The Morgan fingerprint density at radius 2 is 1.97 bits per heavy atom. The summed E-state index contributed by atoms with van der Waals surface area (Å²) in [7, 11) is 0. The third-order valence-corrected chi connectivity index (χ3v) is 6.33. The largest absolute Gasteiger partial charge is 0.415 e. The van der Waals surface area contributed by atoms with Crippen molar-refractivity contribution < 1.29 is 24.5 Å². The van der Waals surface area contributed by atoms with E-state index in [2.05, 4.69) is 26.8 Å². The molecular weight excluding hydrogens is 476 g/mol. The first-order chi connectivity index (χ1) is 17.8. The monoisotopic (exact) mass is 508 g/mol. The number of aromatic nitrogens is 4. The fourth-order valence-corrected chi connectivity index (χ4v) is 4.00. The number of rotatable bonds is 7. The van der Waals surface area contributed by atoms with E-state index in [-0.39, 0.29) is 31.1 Å². The van der Waals surface area contributed by atoms with E-state index in [1.165, 1.54) is 6.33 Å². The third-order valence-electron chi connectivity index (χ3n) is 6.33. The molecule has 0 aliphatic carbocycles. The molecule has 3 heterocycles. The minimum Gasteiger partial charge on any atom is -0.410 e. The summed E-state index contributed by atoms with van der Waals surface area (Å²) in [5.41, 5.74) is 8.05. The summed E-state index contributed by atoms with van der Waals surface area (Å²) in [4.78, 5) is 27.1. The maximum atomic E-state index is 12.4. The zero-order valence-corrected chi connectivity index (χ0v) is 21.0. The number of aliphatic hydroxyl groups is 2. The summed E-state index contributed by atoms with van der Waals surface area (Å²) >= 11 is 0. The predicted octanol–water partition coefficient (Wildman–Crippen LogP) is 2.09. The van der Waals surface area contributed by atoms with Crippen molar-refractivity contribution in [2.75, 3.05) is 25.4 Å². The Kier molecular flexibility index (Phi) is 8.55. The van der Waals surface area contributed by atoms with E-state index >= 15 is 0 Å². The molecule has 2 aromatic heterocycles. The number of aliphatic hydroxyl groups excluding tert-OH is 2. The van der Waals surface area contributed by atoms with Crippen LogP contribution in [-0.4, -0.2) is 72.6 Å². The summed E-state index contributed by atoms with van der Waals surface area (Å²) < 4.78 is 12.6. The van der Waals surface area contributed by atoms with Gasteiger partial charge in [0.05, 0.1) is 19.0 Å². The van der Waals surface area contributed by atoms with Crippen LogP contribution in [0.4, 0.5) is 10.6 Å². The molecule has 4 rings (SSSR count). The van der Waals surface area contributed by atoms with Crippen LogP contribution in [0.25, 0.3) is 11.2 Å². The van der Waals surface area contributed by atoms with Crippen molar-refractivity contribution in [3.05, 3.63) is 42.0 Å². The molecule has 0 bridgehead atoms. The number of amides is 1. The van der Waals surface area contributed by atoms with E-state index in [0.717, 1.165) is 18.4 Å². The van der Waals surface area contributed by atoms with Crippen molar-refractivity contribution >= 4 is 23.1 Å². The van der Waals surface area contributed by atoms with Crippen LogP contribution >= 0.6 is 0 Å². The van der Waals surface area contributed by atoms with Gasteiger partial charge in [-0.3, -0.25) is 4.57 Å². The number of ether oxygens (including phenoxy) is 2. The summed E-state index contributed by atoms with van der Waals surface area (Å²) in [6.45, 7) is 4.48. The Labute approximate surface area is 215 Å². The number of nitrogens with two attached hydrogens (primary N) is 1. The van der Waals surface area contributed by atoms with Gasteiger partial charge >= 0.3 is 6.09 Å². The molecule has 11 heteroatoms. The van der Waals surface area contributed by atoms with E-state index in [0.29, 0.717) is 42.3 Å². The zero-order valence-electron chi connectivity index (χ0n) is 21.0. The lowest BCUT2D eigenvalue weighted by molar-refractivity contribution is -0.0804. The number of nitrogens with zero attached hydrogens (tertiary/aromatic N) is 5. The number of carbonyl (C=O) groups excluding carboxylic acids is 1. The van der Waals surface area contributed by atoms with Gasteiger partial charge in [-0.15, -0.1) is 0 Å². The summed E-state index contributed by atoms with van der Waals surface area (Å²) in [5, 5.41) is 19.0. The Morgan fingerprint density at radius 1 is 1.24 bits per heavy atom. The molecule has 0 saturated carbocycles. The number of nitrogen functional groups attached to an aromatic ring is 1. The second-order valence-corrected chi connectivity index (χ2v) is 9.19. The number of carbonyl (C=O) groups is 1. The Balaban J connectivity index is 1.32. The van der Waals surface area contributed by atoms with Crippen molar-refractivity contribution in [3.63, 3.8) is 0 Å². The van der Waals surface area contributed by atoms with Gasteiger partial charge in [0.25, 0.3) is 0 Å². The number of fused-ring (bicyclic) bond motifs is 1. The van der Waals surface area contributed by atoms with E-state index in [9.17, 15) is 15.0 Å². The van der Waals surface area contributed by atoms with Crippen molar-refractivity contribution in [3.8, 4) is 17.6 Å². The zero-order chi connectivity index (χ0) is 26.4. The van der Waals surface area contributed by atoms with Gasteiger partial charge in [0.1, 0.15) is 24.1 Å². The maximum Gasteiger partial charge on any atom is 0.415 e. The lowest BCUT2D eigenvalue weighted by atomic mass is 9.94. The number of benzene rings is 1. The van der Waals surface area contributed by atoms with Gasteiger partial charge in [-0.05, 0) is 50.7 Å². The van der Waals surface area contributed by atoms with E-state index in [1.807, 2.05) is 19.1 Å². The van der Waals surface area contributed by atoms with Crippen molar-refractivity contribution in [1.29, 1.82) is 0 Å². The van der Waals surface area contributed by atoms with E-state index in [4.69, 9.17) is 15.2 Å². The average molecular weight is 509 g/mol. The van der Waals surface area contributed by atoms with Crippen LogP contribution in [0.5, 0.6) is 5.75 Å². The average Bonchev–Trinajstić information content (AvgIpc) is 3.29. The number of piperidine rings is 1. The number of aryl methyl sites for hydroxylation is 1. The molecule has 0 radical (unpaired) electrons. The van der Waals surface area contributed by atoms with Gasteiger partial charge in [-0.25, -0.2) is 19.7 Å². The van der Waals surface area contributed by atoms with Gasteiger partial charge in [-0.1, -0.05) is 23.6 Å². The fraction of sp³-hybridized carbons (Fsp3) is 0.462. The molecule has 1 fully saturated rings. The normalized spacial score (nSPS) is 15.7. The highest BCUT2D eigenvalue weighted by atomic mass is 16.6. The molecule has 3 aromatic rings. The molecule has 37 heavy (non-hydrogen) atoms. The van der Waals surface area contributed by atoms with Crippen LogP contribution in [0.3, 0.4) is 0 Å². The number of hydrogen-bond donors (Lipinski definition) is 3. The SMILES string of the molecule is Cc1ccc(OC(=O)N2CCC(CC#Cc3nc(N)c4ncn(CO[C@H](CO)[C@@H](C)O)c4n3)CC2)cc1. The maximum absolute atomic E-state index is 12.4. The number of anilines is 1. The summed E-state index contributed by atoms with van der Waals surface area (Å²) in [6.07, 6.45) is 1.94. The van der Waals surface area contributed by atoms with E-state index in [1.54, 1.807) is 28.5 Å². The standard InChI is InChI=1S/C26H32N6O5/c1-17-6-8-20(9-7-17)37-26(35)31-12-10-19(11-13-31)4-3-5-22-29-24(27)23-25(30-22)32(15-28-23)16-36-21(14-33)18(2)34/h6-9,15,18-19,21,33-34H,4,10-14,16H2,1-2H3,(H2,27,29,30)/t18-,21-/m1/s1. The highest BCUT2D eigenvalue weighted by Crippen LogP contribution is 2.22. The summed E-state index contributed by atoms with van der Waals surface area (Å²) in [5.74, 6) is 7.52. The molecule has 1 aromatic carbocycles. The number of likely N-dealkylation sites (tertiary alicyclic amines) is 1. The fourth-order valence-electron chi connectivity index (χ4n) is 4.00. The molecule has 1 aliphatic heterocycles. The van der Waals surface area contributed by atoms with Gasteiger partial charge in [-0.2, -0.15) is 0 Å². The number of imidazole rings is 1. The van der Waals surface area contributed by atoms with Gasteiger partial charge in [0.15, 0.2) is 11.5 Å². The van der Waals surface area contributed by atoms with Crippen LogP contribution < -0.4 is 10.5 Å². The molecule has 1 aliphatic rings. The third kappa shape index (κ3) is 6.74. The van der Waals surface area contributed by atoms with Crippen LogP contribution in [-0.2, 0) is 11.5 Å². The Morgan fingerprint density at radius 3 is 2.65 bits per heavy atom. The summed E-state index contributed by atoms with van der Waals surface area (Å²) in [6, 6.07) is 7.41. The quantitative estimate of drug-likeness (QED) is 0.408. The molecule has 11 nitrogen and oxygen atoms in total. The molecule has 196 valence electrons. The van der Waals surface area contributed by atoms with Gasteiger partial charge in [0, 0.05) is 19.5 Å². The van der Waals surface area contributed by atoms with Crippen LogP contribution in [0.1, 0.15) is 37.6 Å². The van der Waals surface area contributed by atoms with Gasteiger partial charge < -0.3 is 30.3 Å². The van der Waals surface area contributed by atoms with Crippen molar-refractivity contribution in [2.24, 2.45) is 5.92 Å². The highest BCUT2D eigenvalue weighted by Gasteiger charge is 2.24. The first-order valence-electron chi connectivity index (χ1n) is 12.2. The van der Waals surface area contributed by atoms with Crippen molar-refractivity contribution in [1.82, 2.24) is 24.4 Å². The molecule has 4 N–H and O–H groups in total. The lowest BCUT2D eigenvalue weighted by Crippen LogP contribution is -2.40. The van der Waals surface area contributed by atoms with Crippen LogP contribution in [0, 0.1) is 24.7 Å². The molecule has 0 spiro atoms. The minimum atomic E-state index is -0.827. The molecule has 0 unspecified atom stereocenters. The minimum absolute atomic E-state index is 0.0286. The topological polar surface area (TPSA) is 149 Å². The second-order valence-electron chi connectivity index (χ2n) is 9.19. The first kappa shape index (κ1) is 26.3. The Hall–Kier alpha value is -3.72. The molecule has 1 saturated heterocycles. The predicted molar refractivity (Wildman–Crippen MR) is 136 cm³/mol. The smallest absolute Gasteiger partial charge is 0.410 e. The second kappa shape index (κ2) is 12.0. The number of hydrogen-bond acceptors (Lipinski definition) is 9. The lowest BCUT2D eigenvalue weighted by Gasteiger charge is -2.30. The van der Waals surface area contributed by atoms with Crippen LogP contribution in [0.15, 0.2) is 30.6 Å². The van der Waals surface area contributed by atoms with E-state index < -0.39 is 12.2 Å². The molecule has 1 amide bonds. The Bertz CT molecular complexity index is 1270. The van der Waals surface area contributed by atoms with Crippen LogP contribution in [0.2, 0.25) is 0 Å². The van der Waals surface area contributed by atoms with Crippen molar-refractivity contribution in [2.45, 2.75) is 52.0 Å². The van der Waals surface area contributed by atoms with Gasteiger partial charge in [0.2, 0.25) is 5.82 Å². The molecular formula is C26H32N6O5. The first-order valence-corrected chi connectivity index (χ1v) is 12.2. The molecule has 2 atom stereocenters. The highest BCUT2D eigenvalue weighted by molar-refractivity contribution is 5.81.